The molecule has 0 bridgehead atoms. The summed E-state index contributed by atoms with van der Waals surface area (Å²) in [5, 5.41) is 0. The van der Waals surface area contributed by atoms with Crippen LogP contribution < -0.4 is 10.5 Å². The zero-order valence-electron chi connectivity index (χ0n) is 11.2. The van der Waals surface area contributed by atoms with Gasteiger partial charge in [-0.2, -0.15) is 0 Å². The van der Waals surface area contributed by atoms with E-state index in [0.29, 0.717) is 13.2 Å². The standard InChI is InChI=1S/C15H16Br2N2O/c1-10-3-2-6-19-14(10)9-20-15-12(16)7-11(4-5-18)8-13(15)17/h2-3,6-8H,4-5,9,18H2,1H3. The molecule has 0 spiro atoms. The Morgan fingerprint density at radius 2 is 1.95 bits per heavy atom. The lowest BCUT2D eigenvalue weighted by Crippen LogP contribution is -2.04. The lowest BCUT2D eigenvalue weighted by Gasteiger charge is -2.12. The van der Waals surface area contributed by atoms with Gasteiger partial charge in [0.2, 0.25) is 0 Å². The number of rotatable bonds is 5. The Hall–Kier alpha value is -0.910. The number of nitrogens with zero attached hydrogens (tertiary/aromatic N) is 1. The van der Waals surface area contributed by atoms with E-state index in [0.717, 1.165) is 32.4 Å². The van der Waals surface area contributed by atoms with Crippen molar-refractivity contribution in [3.8, 4) is 5.75 Å². The van der Waals surface area contributed by atoms with Crippen molar-refractivity contribution in [3.05, 3.63) is 56.2 Å². The minimum Gasteiger partial charge on any atom is -0.485 e. The van der Waals surface area contributed by atoms with Gasteiger partial charge < -0.3 is 10.5 Å². The largest absolute Gasteiger partial charge is 0.485 e. The highest BCUT2D eigenvalue weighted by Crippen LogP contribution is 2.35. The Kier molecular flexibility index (Phi) is 5.57. The molecule has 0 atom stereocenters. The minimum absolute atomic E-state index is 0.445. The van der Waals surface area contributed by atoms with Crippen LogP contribution in [0.25, 0.3) is 0 Å². The number of ether oxygens (including phenoxy) is 1. The van der Waals surface area contributed by atoms with E-state index in [-0.39, 0.29) is 0 Å². The fourth-order valence-corrected chi connectivity index (χ4v) is 3.38. The quantitative estimate of drug-likeness (QED) is 0.826. The van der Waals surface area contributed by atoms with Crippen molar-refractivity contribution in [2.24, 2.45) is 5.73 Å². The van der Waals surface area contributed by atoms with Crippen LogP contribution in [-0.2, 0) is 13.0 Å². The molecular formula is C15H16Br2N2O. The van der Waals surface area contributed by atoms with Crippen LogP contribution in [0.5, 0.6) is 5.75 Å². The van der Waals surface area contributed by atoms with Gasteiger partial charge in [-0.05, 0) is 81.1 Å². The fourth-order valence-electron chi connectivity index (χ4n) is 1.87. The third kappa shape index (κ3) is 3.81. The van der Waals surface area contributed by atoms with Crippen LogP contribution in [0.1, 0.15) is 16.8 Å². The monoisotopic (exact) mass is 398 g/mol. The summed E-state index contributed by atoms with van der Waals surface area (Å²) in [7, 11) is 0. The third-order valence-corrected chi connectivity index (χ3v) is 4.14. The maximum absolute atomic E-state index is 5.88. The SMILES string of the molecule is Cc1cccnc1COc1c(Br)cc(CCN)cc1Br. The van der Waals surface area contributed by atoms with E-state index in [2.05, 4.69) is 36.8 Å². The first kappa shape index (κ1) is 15.5. The zero-order valence-corrected chi connectivity index (χ0v) is 14.4. The molecule has 1 heterocycles. The van der Waals surface area contributed by atoms with Crippen molar-refractivity contribution in [3.63, 3.8) is 0 Å². The van der Waals surface area contributed by atoms with Crippen molar-refractivity contribution in [2.45, 2.75) is 20.0 Å². The number of aromatic nitrogens is 1. The van der Waals surface area contributed by atoms with Crippen LogP contribution in [0.15, 0.2) is 39.4 Å². The van der Waals surface area contributed by atoms with Crippen molar-refractivity contribution in [1.82, 2.24) is 4.98 Å². The van der Waals surface area contributed by atoms with Crippen molar-refractivity contribution in [2.75, 3.05) is 6.54 Å². The zero-order chi connectivity index (χ0) is 14.5. The van der Waals surface area contributed by atoms with Gasteiger partial charge in [-0.1, -0.05) is 6.07 Å². The maximum Gasteiger partial charge on any atom is 0.148 e. The third-order valence-electron chi connectivity index (χ3n) is 2.96. The summed E-state index contributed by atoms with van der Waals surface area (Å²) in [6, 6.07) is 8.03. The second kappa shape index (κ2) is 7.20. The molecule has 1 aromatic carbocycles. The van der Waals surface area contributed by atoms with E-state index in [1.807, 2.05) is 31.2 Å². The minimum atomic E-state index is 0.445. The van der Waals surface area contributed by atoms with Gasteiger partial charge in [0.15, 0.2) is 0 Å². The van der Waals surface area contributed by atoms with Gasteiger partial charge in [0.1, 0.15) is 12.4 Å². The molecule has 0 aliphatic rings. The van der Waals surface area contributed by atoms with Gasteiger partial charge in [0.25, 0.3) is 0 Å². The number of pyridine rings is 1. The van der Waals surface area contributed by atoms with Gasteiger partial charge >= 0.3 is 0 Å². The Labute approximate surface area is 135 Å². The summed E-state index contributed by atoms with van der Waals surface area (Å²) in [6.07, 6.45) is 2.62. The Morgan fingerprint density at radius 1 is 1.25 bits per heavy atom. The smallest absolute Gasteiger partial charge is 0.148 e. The molecule has 0 amide bonds. The van der Waals surface area contributed by atoms with E-state index >= 15 is 0 Å². The molecule has 2 rings (SSSR count). The second-order valence-corrected chi connectivity index (χ2v) is 6.19. The van der Waals surface area contributed by atoms with Gasteiger partial charge in [-0.25, -0.2) is 0 Å². The number of hydrogen-bond acceptors (Lipinski definition) is 3. The average Bonchev–Trinajstić information content (AvgIpc) is 2.40. The van der Waals surface area contributed by atoms with E-state index in [1.165, 1.54) is 5.56 Å². The van der Waals surface area contributed by atoms with Gasteiger partial charge in [0.05, 0.1) is 14.6 Å². The fraction of sp³-hybridized carbons (Fsp3) is 0.267. The Bertz CT molecular complexity index is 579. The highest BCUT2D eigenvalue weighted by molar-refractivity contribution is 9.11. The molecule has 0 fully saturated rings. The first-order valence-electron chi connectivity index (χ1n) is 6.33. The molecule has 0 aliphatic heterocycles. The molecule has 0 aliphatic carbocycles. The van der Waals surface area contributed by atoms with Crippen molar-refractivity contribution >= 4 is 31.9 Å². The molecular weight excluding hydrogens is 384 g/mol. The molecule has 0 unspecified atom stereocenters. The first-order chi connectivity index (χ1) is 9.61. The van der Waals surface area contributed by atoms with Crippen LogP contribution >= 0.6 is 31.9 Å². The molecule has 1 aromatic heterocycles. The van der Waals surface area contributed by atoms with Crippen LogP contribution in [0.2, 0.25) is 0 Å². The highest BCUT2D eigenvalue weighted by Gasteiger charge is 2.10. The number of halogens is 2. The summed E-state index contributed by atoms with van der Waals surface area (Å²) >= 11 is 7.09. The average molecular weight is 400 g/mol. The number of benzene rings is 1. The van der Waals surface area contributed by atoms with E-state index < -0.39 is 0 Å². The molecule has 0 saturated heterocycles. The lowest BCUT2D eigenvalue weighted by molar-refractivity contribution is 0.296. The number of hydrogen-bond donors (Lipinski definition) is 1. The molecule has 0 radical (unpaired) electrons. The predicted octanol–water partition coefficient (Wildman–Crippen LogP) is 4.00. The van der Waals surface area contributed by atoms with Crippen LogP contribution in [-0.4, -0.2) is 11.5 Å². The second-order valence-electron chi connectivity index (χ2n) is 4.48. The van der Waals surface area contributed by atoms with Gasteiger partial charge in [-0.15, -0.1) is 0 Å². The molecule has 3 nitrogen and oxygen atoms in total. The predicted molar refractivity (Wildman–Crippen MR) is 87.9 cm³/mol. The maximum atomic E-state index is 5.88. The van der Waals surface area contributed by atoms with E-state index in [1.54, 1.807) is 6.20 Å². The molecule has 5 heteroatoms. The van der Waals surface area contributed by atoms with Crippen molar-refractivity contribution in [1.29, 1.82) is 0 Å². The molecule has 106 valence electrons. The summed E-state index contributed by atoms with van der Waals surface area (Å²) < 4.78 is 7.72. The van der Waals surface area contributed by atoms with Crippen LogP contribution in [0, 0.1) is 6.92 Å². The van der Waals surface area contributed by atoms with Crippen molar-refractivity contribution < 1.29 is 4.74 Å². The van der Waals surface area contributed by atoms with Crippen LogP contribution in [0.4, 0.5) is 0 Å². The Morgan fingerprint density at radius 3 is 2.55 bits per heavy atom. The van der Waals surface area contributed by atoms with Crippen LogP contribution in [0.3, 0.4) is 0 Å². The van der Waals surface area contributed by atoms with Gasteiger partial charge in [0, 0.05) is 6.20 Å². The van der Waals surface area contributed by atoms with E-state index in [9.17, 15) is 0 Å². The normalized spacial score (nSPS) is 10.6. The lowest BCUT2D eigenvalue weighted by atomic mass is 10.1. The molecule has 0 saturated carbocycles. The topological polar surface area (TPSA) is 48.1 Å². The summed E-state index contributed by atoms with van der Waals surface area (Å²) in [4.78, 5) is 4.33. The molecule has 20 heavy (non-hydrogen) atoms. The summed E-state index contributed by atoms with van der Waals surface area (Å²) in [5.41, 5.74) is 8.82. The van der Waals surface area contributed by atoms with Gasteiger partial charge in [-0.3, -0.25) is 4.98 Å². The Balaban J connectivity index is 2.16. The van der Waals surface area contributed by atoms with E-state index in [4.69, 9.17) is 10.5 Å². The summed E-state index contributed by atoms with van der Waals surface area (Å²) in [6.45, 7) is 3.10. The number of aryl methyl sites for hydroxylation is 1. The first-order valence-corrected chi connectivity index (χ1v) is 7.91. The number of nitrogens with two attached hydrogens (primary N) is 1. The molecule has 2 N–H and O–H groups in total. The molecule has 2 aromatic rings. The highest BCUT2D eigenvalue weighted by atomic mass is 79.9. The summed E-state index contributed by atoms with van der Waals surface area (Å²) in [5.74, 6) is 0.788.